The molecule has 0 aliphatic carbocycles. The van der Waals surface area contributed by atoms with Gasteiger partial charge in [0.05, 0.1) is 45.2 Å². The van der Waals surface area contributed by atoms with Gasteiger partial charge in [-0.05, 0) is 37.3 Å². The van der Waals surface area contributed by atoms with Crippen molar-refractivity contribution in [1.82, 2.24) is 9.88 Å². The highest BCUT2D eigenvalue weighted by molar-refractivity contribution is 9.10. The number of furan rings is 1. The van der Waals surface area contributed by atoms with Crippen LogP contribution in [0, 0.1) is 0 Å². The number of halogens is 1. The largest absolute Gasteiger partial charge is 0.464 e. The van der Waals surface area contributed by atoms with Gasteiger partial charge >= 0.3 is 5.97 Å². The summed E-state index contributed by atoms with van der Waals surface area (Å²) >= 11 is 3.43. The van der Waals surface area contributed by atoms with E-state index in [-0.39, 0.29) is 23.6 Å². The van der Waals surface area contributed by atoms with Crippen LogP contribution in [0.15, 0.2) is 45.5 Å². The summed E-state index contributed by atoms with van der Waals surface area (Å²) in [5.74, 6) is -0.590. The number of methoxy groups -OCH3 is 1. The topological polar surface area (TPSA) is 109 Å². The quantitative estimate of drug-likeness (QED) is 0.459. The molecule has 1 aromatic carbocycles. The smallest absolute Gasteiger partial charge is 0.356 e. The Balaban J connectivity index is 1.46. The molecule has 0 spiro atoms. The summed E-state index contributed by atoms with van der Waals surface area (Å²) in [6, 6.07) is 8.47. The molecule has 0 saturated carbocycles. The number of nitrogens with one attached hydrogen (secondary N) is 3. The summed E-state index contributed by atoms with van der Waals surface area (Å²) in [5, 5.41) is 3.63. The van der Waals surface area contributed by atoms with Crippen molar-refractivity contribution in [1.29, 1.82) is 0 Å². The van der Waals surface area contributed by atoms with Crippen molar-refractivity contribution in [2.24, 2.45) is 0 Å². The van der Waals surface area contributed by atoms with Crippen LogP contribution in [0.1, 0.15) is 28.0 Å². The van der Waals surface area contributed by atoms with E-state index in [2.05, 4.69) is 26.2 Å². The molecule has 1 aliphatic rings. The maximum Gasteiger partial charge on any atom is 0.356 e. The van der Waals surface area contributed by atoms with Crippen molar-refractivity contribution >= 4 is 50.3 Å². The fourth-order valence-corrected chi connectivity index (χ4v) is 4.31. The third-order valence-corrected chi connectivity index (χ3v) is 6.32. The molecule has 32 heavy (non-hydrogen) atoms. The second-order valence-corrected chi connectivity index (χ2v) is 8.61. The van der Waals surface area contributed by atoms with Gasteiger partial charge in [0.15, 0.2) is 11.8 Å². The van der Waals surface area contributed by atoms with E-state index in [4.69, 9.17) is 9.15 Å². The highest BCUT2D eigenvalue weighted by Gasteiger charge is 2.33. The molecule has 3 heterocycles. The molecule has 9 nitrogen and oxygen atoms in total. The van der Waals surface area contributed by atoms with Crippen molar-refractivity contribution in [2.75, 3.05) is 38.6 Å². The first-order valence-corrected chi connectivity index (χ1v) is 11.1. The fourth-order valence-electron chi connectivity index (χ4n) is 3.95. The van der Waals surface area contributed by atoms with E-state index < -0.39 is 5.97 Å². The molecule has 2 aromatic heterocycles. The highest BCUT2D eigenvalue weighted by atomic mass is 79.9. The molecule has 4 rings (SSSR count). The van der Waals surface area contributed by atoms with Crippen LogP contribution in [0.3, 0.4) is 0 Å². The van der Waals surface area contributed by atoms with Gasteiger partial charge < -0.3 is 29.3 Å². The van der Waals surface area contributed by atoms with Crippen LogP contribution in [0.5, 0.6) is 0 Å². The molecular formula is C22H24BrN4O5+. The normalized spacial score (nSPS) is 15.5. The zero-order valence-corrected chi connectivity index (χ0v) is 19.3. The standard InChI is InChI=1S/C22H23BrN4O5/c1-13(26-7-9-27(10-8-26)21(29)17-4-3-11-32-17)20(28)25-18-15-12-14(23)5-6-16(15)24-19(18)22(30)31-2/h3-6,11-13,24H,7-10H2,1-2H3,(H,25,28)/p+1/t13-/m1/s1. The number of esters is 1. The number of rotatable bonds is 5. The van der Waals surface area contributed by atoms with E-state index in [1.165, 1.54) is 13.4 Å². The predicted molar refractivity (Wildman–Crippen MR) is 121 cm³/mol. The van der Waals surface area contributed by atoms with Gasteiger partial charge in [-0.1, -0.05) is 15.9 Å². The molecule has 1 atom stereocenters. The van der Waals surface area contributed by atoms with Crippen LogP contribution < -0.4 is 10.2 Å². The number of nitrogens with zero attached hydrogens (tertiary/aromatic N) is 1. The first-order valence-electron chi connectivity index (χ1n) is 10.3. The fraction of sp³-hybridized carbons (Fsp3) is 0.318. The summed E-state index contributed by atoms with van der Waals surface area (Å²) in [5.41, 5.74) is 1.31. The number of ether oxygens (including phenoxy) is 1. The van der Waals surface area contributed by atoms with Gasteiger partial charge in [0.2, 0.25) is 0 Å². The van der Waals surface area contributed by atoms with E-state index in [0.29, 0.717) is 48.5 Å². The zero-order chi connectivity index (χ0) is 22.8. The van der Waals surface area contributed by atoms with E-state index in [9.17, 15) is 14.4 Å². The van der Waals surface area contributed by atoms with Crippen molar-refractivity contribution < 1.29 is 28.4 Å². The summed E-state index contributed by atoms with van der Waals surface area (Å²) in [6.45, 7) is 4.16. The van der Waals surface area contributed by atoms with Crippen LogP contribution in [0.4, 0.5) is 5.69 Å². The lowest BCUT2D eigenvalue weighted by Gasteiger charge is -2.34. The molecule has 0 radical (unpaired) electrons. The molecular weight excluding hydrogens is 480 g/mol. The Morgan fingerprint density at radius 1 is 1.25 bits per heavy atom. The van der Waals surface area contributed by atoms with Crippen molar-refractivity contribution in [3.63, 3.8) is 0 Å². The van der Waals surface area contributed by atoms with Crippen molar-refractivity contribution in [2.45, 2.75) is 13.0 Å². The second kappa shape index (κ2) is 9.17. The molecule has 2 amide bonds. The predicted octanol–water partition coefficient (Wildman–Crippen LogP) is 1.68. The molecule has 1 aliphatic heterocycles. The molecule has 3 N–H and O–H groups in total. The average Bonchev–Trinajstić information content (AvgIpc) is 3.46. The first kappa shape index (κ1) is 22.1. The van der Waals surface area contributed by atoms with Gasteiger partial charge in [0.25, 0.3) is 11.8 Å². The van der Waals surface area contributed by atoms with Gasteiger partial charge in [-0.15, -0.1) is 0 Å². The third-order valence-electron chi connectivity index (χ3n) is 5.83. The maximum absolute atomic E-state index is 13.1. The lowest BCUT2D eigenvalue weighted by molar-refractivity contribution is -0.917. The number of aromatic amines is 1. The number of hydrogen-bond acceptors (Lipinski definition) is 5. The molecule has 0 bridgehead atoms. The number of quaternary nitrogens is 1. The molecule has 1 saturated heterocycles. The minimum absolute atomic E-state index is 0.141. The minimum Gasteiger partial charge on any atom is -0.464 e. The number of carbonyl (C=O) groups is 3. The van der Waals surface area contributed by atoms with Gasteiger partial charge in [0, 0.05) is 15.4 Å². The van der Waals surface area contributed by atoms with Crippen LogP contribution in [-0.2, 0) is 9.53 Å². The lowest BCUT2D eigenvalue weighted by Crippen LogP contribution is -3.19. The summed E-state index contributed by atoms with van der Waals surface area (Å²) in [7, 11) is 1.30. The van der Waals surface area contributed by atoms with E-state index >= 15 is 0 Å². The maximum atomic E-state index is 13.1. The Labute approximate surface area is 192 Å². The second-order valence-electron chi connectivity index (χ2n) is 7.70. The van der Waals surface area contributed by atoms with Crippen LogP contribution in [-0.4, -0.2) is 67.0 Å². The number of fused-ring (bicyclic) bond motifs is 1. The van der Waals surface area contributed by atoms with Crippen LogP contribution in [0.25, 0.3) is 10.9 Å². The molecule has 168 valence electrons. The Bertz CT molecular complexity index is 1150. The van der Waals surface area contributed by atoms with Gasteiger partial charge in [0.1, 0.15) is 5.69 Å². The number of hydrogen-bond donors (Lipinski definition) is 3. The van der Waals surface area contributed by atoms with E-state index in [1.54, 1.807) is 17.0 Å². The molecule has 10 heteroatoms. The summed E-state index contributed by atoms with van der Waals surface area (Å²) in [4.78, 5) is 43.7. The number of anilines is 1. The number of H-pyrrole nitrogens is 1. The Hall–Kier alpha value is -3.11. The van der Waals surface area contributed by atoms with Crippen molar-refractivity contribution in [3.8, 4) is 0 Å². The van der Waals surface area contributed by atoms with Crippen LogP contribution >= 0.6 is 15.9 Å². The number of carbonyl (C=O) groups excluding carboxylic acids is 3. The summed E-state index contributed by atoms with van der Waals surface area (Å²) < 4.78 is 10.9. The third kappa shape index (κ3) is 4.28. The number of piperazine rings is 1. The lowest BCUT2D eigenvalue weighted by atomic mass is 10.1. The highest BCUT2D eigenvalue weighted by Crippen LogP contribution is 2.30. The Morgan fingerprint density at radius 3 is 2.66 bits per heavy atom. The Kier molecular flexibility index (Phi) is 6.33. The monoisotopic (exact) mass is 503 g/mol. The minimum atomic E-state index is -0.558. The number of benzene rings is 1. The van der Waals surface area contributed by atoms with Crippen molar-refractivity contribution in [3.05, 3.63) is 52.5 Å². The number of amides is 2. The van der Waals surface area contributed by atoms with Gasteiger partial charge in [-0.3, -0.25) is 9.59 Å². The zero-order valence-electron chi connectivity index (χ0n) is 17.7. The van der Waals surface area contributed by atoms with E-state index in [1.807, 2.05) is 25.1 Å². The SMILES string of the molecule is COC(=O)c1[nH]c2ccc(Br)cc2c1NC(=O)[C@@H](C)[NH+]1CCN(C(=O)c2ccco2)CC1. The van der Waals surface area contributed by atoms with Gasteiger partial charge in [-0.25, -0.2) is 4.79 Å². The molecule has 0 unspecified atom stereocenters. The average molecular weight is 504 g/mol. The first-order chi connectivity index (χ1) is 15.4. The molecule has 3 aromatic rings. The van der Waals surface area contributed by atoms with Gasteiger partial charge in [-0.2, -0.15) is 0 Å². The van der Waals surface area contributed by atoms with E-state index in [0.717, 1.165) is 9.37 Å². The van der Waals surface area contributed by atoms with Crippen LogP contribution in [0.2, 0.25) is 0 Å². The molecule has 1 fully saturated rings. The number of aromatic nitrogens is 1. The Morgan fingerprint density at radius 2 is 2.00 bits per heavy atom. The summed E-state index contributed by atoms with van der Waals surface area (Å²) in [6.07, 6.45) is 1.48.